The summed E-state index contributed by atoms with van der Waals surface area (Å²) < 4.78 is 75.1. The molecule has 0 saturated carbocycles. The van der Waals surface area contributed by atoms with E-state index in [1.165, 1.54) is 0 Å². The van der Waals surface area contributed by atoms with Crippen LogP contribution in [0.5, 0.6) is 0 Å². The second kappa shape index (κ2) is 5.96. The van der Waals surface area contributed by atoms with E-state index >= 15 is 0 Å². The molecule has 2 amide bonds. The number of anilines is 1. The van der Waals surface area contributed by atoms with Crippen molar-refractivity contribution in [3.05, 3.63) is 26.9 Å². The topological polar surface area (TPSA) is 85.1 Å². The zero-order chi connectivity index (χ0) is 18.2. The second-order valence-electron chi connectivity index (χ2n) is 4.38. The largest absolute Gasteiger partial charge is 0.417 e. The molecule has 13 heteroatoms. The van der Waals surface area contributed by atoms with E-state index in [4.69, 9.17) is 0 Å². The summed E-state index contributed by atoms with van der Waals surface area (Å²) in [5.74, 6) is -0.571. The zero-order valence-corrected chi connectivity index (χ0v) is 11.5. The van der Waals surface area contributed by atoms with Gasteiger partial charge in [-0.3, -0.25) is 19.2 Å². The molecule has 1 rings (SSSR count). The number of alkyl halides is 6. The minimum absolute atomic E-state index is 0.571. The normalized spacial score (nSPS) is 12.4. The summed E-state index contributed by atoms with van der Waals surface area (Å²) in [7, 11) is 2.15. The number of rotatable bonds is 2. The third-order valence-corrected chi connectivity index (χ3v) is 2.70. The highest BCUT2D eigenvalue weighted by Gasteiger charge is 2.57. The van der Waals surface area contributed by atoms with Crippen molar-refractivity contribution in [2.45, 2.75) is 18.4 Å². The lowest BCUT2D eigenvalue weighted by Gasteiger charge is -2.24. The first kappa shape index (κ1) is 18.6. The Labute approximate surface area is 123 Å². The summed E-state index contributed by atoms with van der Waals surface area (Å²) in [6, 6.07) is -5.32. The van der Waals surface area contributed by atoms with E-state index in [9.17, 15) is 40.7 Å². The number of carbonyl (C=O) groups is 1. The van der Waals surface area contributed by atoms with Crippen LogP contribution in [0.2, 0.25) is 0 Å². The molecule has 0 spiro atoms. The van der Waals surface area contributed by atoms with E-state index < -0.39 is 41.5 Å². The van der Waals surface area contributed by atoms with Crippen LogP contribution in [0.3, 0.4) is 0 Å². The first-order valence-corrected chi connectivity index (χ1v) is 5.73. The van der Waals surface area contributed by atoms with Gasteiger partial charge in [0.05, 0.1) is 0 Å². The van der Waals surface area contributed by atoms with Crippen LogP contribution in [0.4, 0.5) is 37.0 Å². The lowest BCUT2D eigenvalue weighted by atomic mass is 10.3. The zero-order valence-electron chi connectivity index (χ0n) is 11.5. The molecule has 0 saturated heterocycles. The summed E-state index contributed by atoms with van der Waals surface area (Å²) in [6.07, 6.45) is -11.5. The van der Waals surface area contributed by atoms with E-state index in [1.807, 2.05) is 0 Å². The summed E-state index contributed by atoms with van der Waals surface area (Å²) >= 11 is 0. The monoisotopic (exact) mass is 348 g/mol. The number of urea groups is 1. The maximum absolute atomic E-state index is 12.3. The fourth-order valence-corrected chi connectivity index (χ4v) is 1.49. The Balaban J connectivity index is 3.06. The van der Waals surface area contributed by atoms with Gasteiger partial charge in [0.1, 0.15) is 5.82 Å². The highest BCUT2D eigenvalue weighted by Crippen LogP contribution is 2.33. The number of aromatic nitrogens is 2. The number of hydrogen-bond donors (Lipinski definition) is 2. The number of carbonyl (C=O) groups excluding carboxylic acids is 1. The van der Waals surface area contributed by atoms with Gasteiger partial charge < -0.3 is 5.32 Å². The predicted octanol–water partition coefficient (Wildman–Crippen LogP) is 0.699. The van der Waals surface area contributed by atoms with Crippen molar-refractivity contribution in [1.29, 1.82) is 0 Å². The van der Waals surface area contributed by atoms with Gasteiger partial charge in [0.15, 0.2) is 0 Å². The fraction of sp³-hybridized carbons (Fsp3) is 0.500. The van der Waals surface area contributed by atoms with E-state index in [-0.39, 0.29) is 0 Å². The summed E-state index contributed by atoms with van der Waals surface area (Å²) in [5.41, 5.74) is -1.84. The standard InChI is InChI=1S/C10H10F6N4O3/c1-19-4(3-5(21)20(2)8(19)23)17-7(22)18-6(9(11,12)13)10(14,15)16/h3,6H,1-2H3,(H2,17,18,22). The van der Waals surface area contributed by atoms with Gasteiger partial charge in [-0.2, -0.15) is 26.3 Å². The van der Waals surface area contributed by atoms with Gasteiger partial charge in [-0.25, -0.2) is 9.59 Å². The van der Waals surface area contributed by atoms with Crippen molar-refractivity contribution >= 4 is 11.8 Å². The Bertz CT molecular complexity index is 703. The lowest BCUT2D eigenvalue weighted by Crippen LogP contribution is -2.55. The first-order chi connectivity index (χ1) is 10.2. The molecule has 0 aliphatic rings. The van der Waals surface area contributed by atoms with Gasteiger partial charge in [-0.1, -0.05) is 0 Å². The van der Waals surface area contributed by atoms with Crippen molar-refractivity contribution in [2.75, 3.05) is 5.32 Å². The van der Waals surface area contributed by atoms with Crippen LogP contribution in [0.1, 0.15) is 0 Å². The van der Waals surface area contributed by atoms with Gasteiger partial charge in [-0.05, 0) is 0 Å². The average molecular weight is 348 g/mol. The van der Waals surface area contributed by atoms with Gasteiger partial charge in [-0.15, -0.1) is 0 Å². The molecule has 130 valence electrons. The SMILES string of the molecule is Cn1c(NC(=O)NC(C(F)(F)F)C(F)(F)F)cc(=O)n(C)c1=O. The Hall–Kier alpha value is -2.47. The Morgan fingerprint density at radius 1 is 1.04 bits per heavy atom. The molecule has 1 heterocycles. The van der Waals surface area contributed by atoms with Crippen molar-refractivity contribution in [1.82, 2.24) is 14.5 Å². The molecule has 2 N–H and O–H groups in total. The molecular formula is C10H10F6N4O3. The van der Waals surface area contributed by atoms with Crippen LogP contribution in [-0.2, 0) is 14.1 Å². The Kier molecular flexibility index (Phi) is 4.82. The molecule has 0 aromatic carbocycles. The van der Waals surface area contributed by atoms with E-state index in [0.717, 1.165) is 14.1 Å². The van der Waals surface area contributed by atoms with Crippen LogP contribution in [-0.4, -0.2) is 33.6 Å². The molecule has 1 aromatic rings. The van der Waals surface area contributed by atoms with Crippen LogP contribution < -0.4 is 21.9 Å². The summed E-state index contributed by atoms with van der Waals surface area (Å²) in [5, 5.41) is 2.30. The summed E-state index contributed by atoms with van der Waals surface area (Å²) in [6.45, 7) is 0. The molecule has 0 aliphatic heterocycles. The van der Waals surface area contributed by atoms with Crippen LogP contribution in [0.25, 0.3) is 0 Å². The predicted molar refractivity (Wildman–Crippen MR) is 65.0 cm³/mol. The lowest BCUT2D eigenvalue weighted by molar-refractivity contribution is -0.255. The quantitative estimate of drug-likeness (QED) is 0.772. The van der Waals surface area contributed by atoms with Crippen molar-refractivity contribution in [2.24, 2.45) is 14.1 Å². The molecule has 0 radical (unpaired) electrons. The number of amides is 2. The maximum Gasteiger partial charge on any atom is 0.417 e. The van der Waals surface area contributed by atoms with Crippen LogP contribution >= 0.6 is 0 Å². The van der Waals surface area contributed by atoms with Gasteiger partial charge >= 0.3 is 24.1 Å². The smallest absolute Gasteiger partial charge is 0.318 e. The number of hydrogen-bond acceptors (Lipinski definition) is 3. The van der Waals surface area contributed by atoms with Gasteiger partial charge in [0.25, 0.3) is 5.56 Å². The maximum atomic E-state index is 12.3. The van der Waals surface area contributed by atoms with Crippen molar-refractivity contribution in [3.8, 4) is 0 Å². The minimum atomic E-state index is -5.77. The molecule has 0 unspecified atom stereocenters. The van der Waals surface area contributed by atoms with Crippen molar-refractivity contribution < 1.29 is 31.1 Å². The van der Waals surface area contributed by atoms with Crippen LogP contribution in [0, 0.1) is 0 Å². The molecule has 0 aliphatic carbocycles. The Morgan fingerprint density at radius 2 is 1.52 bits per heavy atom. The molecule has 0 bridgehead atoms. The molecule has 7 nitrogen and oxygen atoms in total. The van der Waals surface area contributed by atoms with Gasteiger partial charge in [0.2, 0.25) is 6.04 Å². The number of nitrogens with zero attached hydrogens (tertiary/aromatic N) is 2. The number of nitrogens with one attached hydrogen (secondary N) is 2. The third-order valence-electron chi connectivity index (χ3n) is 2.70. The summed E-state index contributed by atoms with van der Waals surface area (Å²) in [4.78, 5) is 34.2. The second-order valence-corrected chi connectivity index (χ2v) is 4.38. The highest BCUT2D eigenvalue weighted by atomic mass is 19.4. The number of halogens is 6. The third kappa shape index (κ3) is 4.26. The first-order valence-electron chi connectivity index (χ1n) is 5.73. The molecule has 0 fully saturated rings. The van der Waals surface area contributed by atoms with Crippen molar-refractivity contribution in [3.63, 3.8) is 0 Å². The molecular weight excluding hydrogens is 338 g/mol. The fourth-order valence-electron chi connectivity index (χ4n) is 1.49. The average Bonchev–Trinajstić information content (AvgIpc) is 2.37. The molecule has 0 atom stereocenters. The van der Waals surface area contributed by atoms with E-state index in [2.05, 4.69) is 0 Å². The van der Waals surface area contributed by atoms with E-state index in [0.29, 0.717) is 20.5 Å². The van der Waals surface area contributed by atoms with Crippen LogP contribution in [0.15, 0.2) is 15.7 Å². The van der Waals surface area contributed by atoms with Gasteiger partial charge in [0, 0.05) is 20.2 Å². The molecule has 23 heavy (non-hydrogen) atoms. The Morgan fingerprint density at radius 3 is 1.96 bits per heavy atom. The molecule has 1 aromatic heterocycles. The van der Waals surface area contributed by atoms with E-state index in [1.54, 1.807) is 5.32 Å². The highest BCUT2D eigenvalue weighted by molar-refractivity contribution is 5.88. The minimum Gasteiger partial charge on any atom is -0.318 e.